The fourth-order valence-corrected chi connectivity index (χ4v) is 2.92. The van der Waals surface area contributed by atoms with E-state index in [2.05, 4.69) is 0 Å². The number of ether oxygens (including phenoxy) is 1. The summed E-state index contributed by atoms with van der Waals surface area (Å²) in [5, 5.41) is 8.77. The lowest BCUT2D eigenvalue weighted by Gasteiger charge is -2.10. The SMILES string of the molecule is Cc1ccc2c(c1)N=C(c1ccc(C(=O)NO)cc1)c1ccccc1O2. The van der Waals surface area contributed by atoms with Gasteiger partial charge in [0.25, 0.3) is 5.91 Å². The number of hydrogen-bond acceptors (Lipinski definition) is 4. The molecule has 3 aromatic carbocycles. The van der Waals surface area contributed by atoms with E-state index in [9.17, 15) is 4.79 Å². The third-order valence-corrected chi connectivity index (χ3v) is 4.23. The number of carbonyl (C=O) groups excluding carboxylic acids is 1. The minimum atomic E-state index is -0.552. The first-order chi connectivity index (χ1) is 12.7. The standard InChI is InChI=1S/C21H16N2O3/c1-13-6-11-19-17(12-13)22-20(16-4-2-3-5-18(16)26-19)14-7-9-15(10-8-14)21(24)23-25/h2-12,25H,1H3,(H,23,24). The van der Waals surface area contributed by atoms with Crippen molar-refractivity contribution in [1.82, 2.24) is 5.48 Å². The Hall–Kier alpha value is -3.44. The predicted octanol–water partition coefficient (Wildman–Crippen LogP) is 4.39. The van der Waals surface area contributed by atoms with Gasteiger partial charge in [-0.05, 0) is 48.9 Å². The molecule has 128 valence electrons. The summed E-state index contributed by atoms with van der Waals surface area (Å²) < 4.78 is 6.08. The Kier molecular flexibility index (Phi) is 3.99. The molecule has 0 unspecified atom stereocenters. The van der Waals surface area contributed by atoms with Gasteiger partial charge < -0.3 is 4.74 Å². The van der Waals surface area contributed by atoms with Gasteiger partial charge in [-0.15, -0.1) is 0 Å². The molecule has 1 heterocycles. The molecule has 26 heavy (non-hydrogen) atoms. The highest BCUT2D eigenvalue weighted by Gasteiger charge is 2.19. The number of carbonyl (C=O) groups is 1. The van der Waals surface area contributed by atoms with Gasteiger partial charge in [-0.25, -0.2) is 10.5 Å². The molecule has 3 aromatic rings. The highest BCUT2D eigenvalue weighted by atomic mass is 16.5. The Morgan fingerprint density at radius 2 is 1.77 bits per heavy atom. The van der Waals surface area contributed by atoms with Crippen molar-refractivity contribution in [3.05, 3.63) is 89.0 Å². The molecule has 2 N–H and O–H groups in total. The first kappa shape index (κ1) is 16.1. The molecule has 0 saturated heterocycles. The van der Waals surface area contributed by atoms with E-state index in [1.54, 1.807) is 29.7 Å². The van der Waals surface area contributed by atoms with E-state index in [1.165, 1.54) is 0 Å². The van der Waals surface area contributed by atoms with Crippen LogP contribution in [0.5, 0.6) is 11.5 Å². The second-order valence-electron chi connectivity index (χ2n) is 6.05. The fraction of sp³-hybridized carbons (Fsp3) is 0.0476. The quantitative estimate of drug-likeness (QED) is 0.418. The van der Waals surface area contributed by atoms with Crippen molar-refractivity contribution in [3.63, 3.8) is 0 Å². The summed E-state index contributed by atoms with van der Waals surface area (Å²) in [7, 11) is 0. The maximum absolute atomic E-state index is 11.5. The number of amides is 1. The van der Waals surface area contributed by atoms with Gasteiger partial charge in [0.1, 0.15) is 11.4 Å². The molecule has 0 saturated carbocycles. The minimum absolute atomic E-state index is 0.367. The van der Waals surface area contributed by atoms with Gasteiger partial charge >= 0.3 is 0 Å². The van der Waals surface area contributed by atoms with Crippen LogP contribution >= 0.6 is 0 Å². The molecule has 5 nitrogen and oxygen atoms in total. The topological polar surface area (TPSA) is 70.9 Å². The van der Waals surface area contributed by atoms with Gasteiger partial charge in [0.15, 0.2) is 5.75 Å². The van der Waals surface area contributed by atoms with Gasteiger partial charge in [0.05, 0.1) is 5.71 Å². The molecule has 0 bridgehead atoms. The summed E-state index contributed by atoms with van der Waals surface area (Å²) >= 11 is 0. The Balaban J connectivity index is 1.88. The van der Waals surface area contributed by atoms with Crippen LogP contribution in [0.4, 0.5) is 5.69 Å². The van der Waals surface area contributed by atoms with Crippen LogP contribution < -0.4 is 10.2 Å². The summed E-state index contributed by atoms with van der Waals surface area (Å²) in [4.78, 5) is 16.4. The van der Waals surface area contributed by atoms with E-state index >= 15 is 0 Å². The molecule has 4 rings (SSSR count). The Labute approximate surface area is 150 Å². The number of rotatable bonds is 2. The zero-order valence-electron chi connectivity index (χ0n) is 14.1. The van der Waals surface area contributed by atoms with Crippen LogP contribution in [0, 0.1) is 6.92 Å². The molecule has 1 aliphatic rings. The number of nitrogens with one attached hydrogen (secondary N) is 1. The smallest absolute Gasteiger partial charge is 0.274 e. The summed E-state index contributed by atoms with van der Waals surface area (Å²) in [6.45, 7) is 2.01. The summed E-state index contributed by atoms with van der Waals surface area (Å²) in [5.74, 6) is 0.879. The van der Waals surface area contributed by atoms with E-state index in [1.807, 2.05) is 49.4 Å². The van der Waals surface area contributed by atoms with Crippen molar-refractivity contribution >= 4 is 17.3 Å². The predicted molar refractivity (Wildman–Crippen MR) is 98.7 cm³/mol. The number of para-hydroxylation sites is 1. The van der Waals surface area contributed by atoms with Crippen LogP contribution in [-0.2, 0) is 0 Å². The molecule has 0 radical (unpaired) electrons. The summed E-state index contributed by atoms with van der Waals surface area (Å²) in [6.07, 6.45) is 0. The Bertz CT molecular complexity index is 1020. The fourth-order valence-electron chi connectivity index (χ4n) is 2.92. The molecular formula is C21H16N2O3. The van der Waals surface area contributed by atoms with Crippen molar-refractivity contribution < 1.29 is 14.7 Å². The molecule has 1 amide bonds. The monoisotopic (exact) mass is 344 g/mol. The highest BCUT2D eigenvalue weighted by Crippen LogP contribution is 2.39. The molecule has 0 aromatic heterocycles. The number of nitrogens with zero attached hydrogens (tertiary/aromatic N) is 1. The van der Waals surface area contributed by atoms with E-state index in [-0.39, 0.29) is 0 Å². The molecule has 1 aliphatic heterocycles. The van der Waals surface area contributed by atoms with Gasteiger partial charge in [-0.3, -0.25) is 10.0 Å². The molecule has 0 atom stereocenters. The molecule has 5 heteroatoms. The zero-order chi connectivity index (χ0) is 18.1. The van der Waals surface area contributed by atoms with Crippen molar-refractivity contribution in [1.29, 1.82) is 0 Å². The largest absolute Gasteiger partial charge is 0.454 e. The summed E-state index contributed by atoms with van der Waals surface area (Å²) in [6, 6.07) is 20.5. The van der Waals surface area contributed by atoms with E-state index in [0.717, 1.165) is 33.8 Å². The molecule has 0 fully saturated rings. The van der Waals surface area contributed by atoms with Crippen molar-refractivity contribution in [2.24, 2.45) is 4.99 Å². The first-order valence-corrected chi connectivity index (χ1v) is 8.17. The van der Waals surface area contributed by atoms with Crippen LogP contribution in [0.3, 0.4) is 0 Å². The van der Waals surface area contributed by atoms with E-state index in [0.29, 0.717) is 11.3 Å². The second-order valence-corrected chi connectivity index (χ2v) is 6.05. The van der Waals surface area contributed by atoms with Crippen LogP contribution in [0.2, 0.25) is 0 Å². The maximum atomic E-state index is 11.5. The number of benzene rings is 3. The average molecular weight is 344 g/mol. The Morgan fingerprint density at radius 1 is 1.00 bits per heavy atom. The summed E-state index contributed by atoms with van der Waals surface area (Å²) in [5.41, 5.74) is 6.35. The van der Waals surface area contributed by atoms with Crippen molar-refractivity contribution in [2.75, 3.05) is 0 Å². The van der Waals surface area contributed by atoms with Crippen LogP contribution in [0.1, 0.15) is 27.0 Å². The lowest BCUT2D eigenvalue weighted by Crippen LogP contribution is -2.18. The van der Waals surface area contributed by atoms with Crippen LogP contribution in [0.15, 0.2) is 71.7 Å². The third kappa shape index (κ3) is 2.85. The number of hydrogen-bond donors (Lipinski definition) is 2. The van der Waals surface area contributed by atoms with Crippen LogP contribution in [0.25, 0.3) is 0 Å². The maximum Gasteiger partial charge on any atom is 0.274 e. The van der Waals surface area contributed by atoms with Crippen molar-refractivity contribution in [2.45, 2.75) is 6.92 Å². The Morgan fingerprint density at radius 3 is 2.54 bits per heavy atom. The van der Waals surface area contributed by atoms with E-state index < -0.39 is 5.91 Å². The molecular weight excluding hydrogens is 328 g/mol. The average Bonchev–Trinajstić information content (AvgIpc) is 2.84. The normalized spacial score (nSPS) is 12.2. The lowest BCUT2D eigenvalue weighted by atomic mass is 10.00. The molecule has 0 spiro atoms. The zero-order valence-corrected chi connectivity index (χ0v) is 14.1. The number of aryl methyl sites for hydroxylation is 1. The molecule has 0 aliphatic carbocycles. The number of fused-ring (bicyclic) bond motifs is 2. The van der Waals surface area contributed by atoms with Gasteiger partial charge in [0.2, 0.25) is 0 Å². The second kappa shape index (κ2) is 6.46. The van der Waals surface area contributed by atoms with Crippen molar-refractivity contribution in [3.8, 4) is 11.5 Å². The van der Waals surface area contributed by atoms with Crippen LogP contribution in [-0.4, -0.2) is 16.8 Å². The van der Waals surface area contributed by atoms with E-state index in [4.69, 9.17) is 14.9 Å². The number of hydroxylamine groups is 1. The minimum Gasteiger partial charge on any atom is -0.454 e. The van der Waals surface area contributed by atoms with Gasteiger partial charge in [-0.1, -0.05) is 30.3 Å². The van der Waals surface area contributed by atoms with Gasteiger partial charge in [0, 0.05) is 16.7 Å². The highest BCUT2D eigenvalue weighted by molar-refractivity contribution is 6.16. The first-order valence-electron chi connectivity index (χ1n) is 8.17. The lowest BCUT2D eigenvalue weighted by molar-refractivity contribution is 0.0706. The number of aliphatic imine (C=N–C) groups is 1. The van der Waals surface area contributed by atoms with Gasteiger partial charge in [-0.2, -0.15) is 0 Å². The third-order valence-electron chi connectivity index (χ3n) is 4.23.